The van der Waals surface area contributed by atoms with Crippen molar-refractivity contribution in [1.29, 1.82) is 5.26 Å². The van der Waals surface area contributed by atoms with Gasteiger partial charge in [-0.2, -0.15) is 5.26 Å². The van der Waals surface area contributed by atoms with E-state index in [1.54, 1.807) is 24.3 Å². The smallest absolute Gasteiger partial charge is 0.303 e. The minimum absolute atomic E-state index is 0.0309. The molecular formula is C20H17NO4. The van der Waals surface area contributed by atoms with Crippen LogP contribution in [0.1, 0.15) is 40.7 Å². The van der Waals surface area contributed by atoms with Crippen LogP contribution in [0, 0.1) is 11.3 Å². The molecule has 0 aromatic heterocycles. The van der Waals surface area contributed by atoms with Crippen molar-refractivity contribution < 1.29 is 19.4 Å². The summed E-state index contributed by atoms with van der Waals surface area (Å²) in [7, 11) is 0. The first kappa shape index (κ1) is 16.7. The zero-order valence-electron chi connectivity index (χ0n) is 13.6. The quantitative estimate of drug-likeness (QED) is 0.815. The minimum atomic E-state index is -0.866. The number of nitriles is 1. The van der Waals surface area contributed by atoms with E-state index in [4.69, 9.17) is 15.1 Å². The number of carbonyl (C=O) groups is 2. The van der Waals surface area contributed by atoms with E-state index in [9.17, 15) is 9.59 Å². The lowest BCUT2D eigenvalue weighted by Crippen LogP contribution is -2.04. The van der Waals surface area contributed by atoms with Gasteiger partial charge in [0.05, 0.1) is 18.2 Å². The molecular weight excluding hydrogens is 318 g/mol. The van der Waals surface area contributed by atoms with Crippen molar-refractivity contribution in [3.05, 3.63) is 53.1 Å². The van der Waals surface area contributed by atoms with Crippen LogP contribution in [0.5, 0.6) is 5.75 Å². The number of benzene rings is 2. The third-order valence-corrected chi connectivity index (χ3v) is 4.22. The molecule has 0 amide bonds. The molecule has 0 saturated heterocycles. The second-order valence-corrected chi connectivity index (χ2v) is 5.97. The number of hydrogen-bond donors (Lipinski definition) is 1. The largest absolute Gasteiger partial charge is 0.493 e. The SMILES string of the molecule is N#Cc1cccc(-c2cc3c(cc2OCCCC(=O)O)C(=O)CC3)c1. The molecule has 3 rings (SSSR count). The van der Waals surface area contributed by atoms with E-state index in [2.05, 4.69) is 6.07 Å². The number of aliphatic carboxylic acids is 1. The zero-order chi connectivity index (χ0) is 17.8. The molecule has 0 atom stereocenters. The van der Waals surface area contributed by atoms with Gasteiger partial charge >= 0.3 is 5.97 Å². The Kier molecular flexibility index (Phi) is 4.80. The molecule has 0 aliphatic heterocycles. The number of carboxylic acids is 1. The number of rotatable bonds is 6. The molecule has 0 fully saturated rings. The van der Waals surface area contributed by atoms with Crippen molar-refractivity contribution in [2.24, 2.45) is 0 Å². The maximum atomic E-state index is 12.0. The van der Waals surface area contributed by atoms with Gasteiger partial charge in [-0.1, -0.05) is 12.1 Å². The second-order valence-electron chi connectivity index (χ2n) is 5.97. The molecule has 1 N–H and O–H groups in total. The van der Waals surface area contributed by atoms with Gasteiger partial charge in [0.25, 0.3) is 0 Å². The Morgan fingerprint density at radius 1 is 1.20 bits per heavy atom. The van der Waals surface area contributed by atoms with Crippen molar-refractivity contribution in [1.82, 2.24) is 0 Å². The lowest BCUT2D eigenvalue weighted by Gasteiger charge is -2.14. The van der Waals surface area contributed by atoms with E-state index >= 15 is 0 Å². The van der Waals surface area contributed by atoms with Crippen LogP contribution in [0.3, 0.4) is 0 Å². The van der Waals surface area contributed by atoms with Gasteiger partial charge in [-0.25, -0.2) is 0 Å². The molecule has 2 aromatic carbocycles. The number of ketones is 1. The first-order chi connectivity index (χ1) is 12.1. The average Bonchev–Trinajstić information content (AvgIpc) is 2.98. The number of aryl methyl sites for hydroxylation is 1. The van der Waals surface area contributed by atoms with Crippen molar-refractivity contribution in [2.75, 3.05) is 6.61 Å². The third kappa shape index (κ3) is 3.69. The van der Waals surface area contributed by atoms with Crippen molar-refractivity contribution >= 4 is 11.8 Å². The lowest BCUT2D eigenvalue weighted by atomic mass is 9.98. The summed E-state index contributed by atoms with van der Waals surface area (Å²) in [6.07, 6.45) is 1.62. The standard InChI is InChI=1S/C20H17NO4/c21-12-13-3-1-4-14(9-13)17-10-15-6-7-18(22)16(15)11-19(17)25-8-2-5-20(23)24/h1,3-4,9-11H,2,5-8H2,(H,23,24). The van der Waals surface area contributed by atoms with Crippen LogP contribution in [0.15, 0.2) is 36.4 Å². The molecule has 25 heavy (non-hydrogen) atoms. The third-order valence-electron chi connectivity index (χ3n) is 4.22. The van der Waals surface area contributed by atoms with E-state index in [1.807, 2.05) is 12.1 Å². The van der Waals surface area contributed by atoms with Crippen molar-refractivity contribution in [2.45, 2.75) is 25.7 Å². The maximum absolute atomic E-state index is 12.0. The number of Topliss-reactive ketones (excluding diaryl/α,β-unsaturated/α-hetero) is 1. The van der Waals surface area contributed by atoms with Crippen LogP contribution in [-0.4, -0.2) is 23.5 Å². The molecule has 0 saturated carbocycles. The van der Waals surface area contributed by atoms with Gasteiger partial charge in [0.15, 0.2) is 5.78 Å². The van der Waals surface area contributed by atoms with Crippen LogP contribution in [-0.2, 0) is 11.2 Å². The Labute approximate surface area is 145 Å². The predicted octanol–water partition coefficient (Wildman–Crippen LogP) is 3.60. The van der Waals surface area contributed by atoms with E-state index < -0.39 is 5.97 Å². The first-order valence-electron chi connectivity index (χ1n) is 8.13. The Morgan fingerprint density at radius 3 is 2.80 bits per heavy atom. The Balaban J connectivity index is 1.96. The monoisotopic (exact) mass is 335 g/mol. The molecule has 0 bridgehead atoms. The summed E-state index contributed by atoms with van der Waals surface area (Å²) in [6.45, 7) is 0.254. The van der Waals surface area contributed by atoms with Gasteiger partial charge in [0.1, 0.15) is 5.75 Å². The molecule has 5 nitrogen and oxygen atoms in total. The molecule has 0 spiro atoms. The van der Waals surface area contributed by atoms with Gasteiger partial charge in [0.2, 0.25) is 0 Å². The van der Waals surface area contributed by atoms with Gasteiger partial charge in [0, 0.05) is 24.0 Å². The van der Waals surface area contributed by atoms with Crippen LogP contribution in [0.2, 0.25) is 0 Å². The zero-order valence-corrected chi connectivity index (χ0v) is 13.6. The van der Waals surface area contributed by atoms with Gasteiger partial charge in [-0.3, -0.25) is 9.59 Å². The van der Waals surface area contributed by atoms with Crippen LogP contribution < -0.4 is 4.74 Å². The summed E-state index contributed by atoms with van der Waals surface area (Å²) in [5.41, 5.74) is 3.87. The Bertz CT molecular complexity index is 880. The fraction of sp³-hybridized carbons (Fsp3) is 0.250. The highest BCUT2D eigenvalue weighted by atomic mass is 16.5. The number of carbonyl (C=O) groups excluding carboxylic acids is 1. The molecule has 1 aliphatic carbocycles. The van der Waals surface area contributed by atoms with Gasteiger partial charge in [-0.15, -0.1) is 0 Å². The maximum Gasteiger partial charge on any atom is 0.303 e. The summed E-state index contributed by atoms with van der Waals surface area (Å²) in [5.74, 6) is -0.216. The van der Waals surface area contributed by atoms with Gasteiger partial charge in [-0.05, 0) is 48.2 Å². The highest BCUT2D eigenvalue weighted by molar-refractivity contribution is 6.01. The van der Waals surface area contributed by atoms with Gasteiger partial charge < -0.3 is 9.84 Å². The van der Waals surface area contributed by atoms with E-state index in [0.29, 0.717) is 36.1 Å². The number of nitrogens with zero attached hydrogens (tertiary/aromatic N) is 1. The number of hydrogen-bond acceptors (Lipinski definition) is 4. The summed E-state index contributed by atoms with van der Waals surface area (Å²) < 4.78 is 5.79. The fourth-order valence-corrected chi connectivity index (χ4v) is 2.98. The Hall–Kier alpha value is -3.13. The lowest BCUT2D eigenvalue weighted by molar-refractivity contribution is -0.137. The first-order valence-corrected chi connectivity index (χ1v) is 8.13. The van der Waals surface area contributed by atoms with E-state index in [0.717, 1.165) is 16.7 Å². The predicted molar refractivity (Wildman–Crippen MR) is 91.6 cm³/mol. The summed E-state index contributed by atoms with van der Waals surface area (Å²) in [6, 6.07) is 13.0. The summed E-state index contributed by atoms with van der Waals surface area (Å²) >= 11 is 0. The normalized spacial score (nSPS) is 12.5. The van der Waals surface area contributed by atoms with Crippen molar-refractivity contribution in [3.8, 4) is 22.9 Å². The highest BCUT2D eigenvalue weighted by Gasteiger charge is 2.23. The number of carboxylic acid groups (broad SMARTS) is 1. The Morgan fingerprint density at radius 2 is 2.04 bits per heavy atom. The number of fused-ring (bicyclic) bond motifs is 1. The molecule has 2 aromatic rings. The van der Waals surface area contributed by atoms with Crippen molar-refractivity contribution in [3.63, 3.8) is 0 Å². The molecule has 1 aliphatic rings. The minimum Gasteiger partial charge on any atom is -0.493 e. The molecule has 126 valence electrons. The average molecular weight is 335 g/mol. The highest BCUT2D eigenvalue weighted by Crippen LogP contribution is 2.36. The van der Waals surface area contributed by atoms with Crippen LogP contribution >= 0.6 is 0 Å². The van der Waals surface area contributed by atoms with E-state index in [-0.39, 0.29) is 18.8 Å². The number of ether oxygens (including phenoxy) is 1. The molecule has 0 radical (unpaired) electrons. The fourth-order valence-electron chi connectivity index (χ4n) is 2.98. The van der Waals surface area contributed by atoms with E-state index in [1.165, 1.54) is 0 Å². The molecule has 5 heteroatoms. The van der Waals surface area contributed by atoms with Crippen LogP contribution in [0.4, 0.5) is 0 Å². The second kappa shape index (κ2) is 7.18. The molecule has 0 heterocycles. The molecule has 0 unspecified atom stereocenters. The van der Waals surface area contributed by atoms with Crippen LogP contribution in [0.25, 0.3) is 11.1 Å². The summed E-state index contributed by atoms with van der Waals surface area (Å²) in [5, 5.41) is 17.8. The summed E-state index contributed by atoms with van der Waals surface area (Å²) in [4.78, 5) is 22.6. The topological polar surface area (TPSA) is 87.4 Å².